The standard InChI is InChI=1S/C20H25ClN4OS/c1-13(2)10-25-11-17(20(3,4)5)27-19(25)24-18(23-12-22)15-9-14(21)7-8-16(15)26-6/h7-9,11,13H,10H2,1-6H3/b23-18?,24-19-. The summed E-state index contributed by atoms with van der Waals surface area (Å²) in [5.74, 6) is 1.32. The van der Waals surface area contributed by atoms with Crippen molar-refractivity contribution in [3.63, 3.8) is 0 Å². The molecule has 27 heavy (non-hydrogen) atoms. The topological polar surface area (TPSA) is 62.7 Å². The van der Waals surface area contributed by atoms with Gasteiger partial charge in [0, 0.05) is 22.6 Å². The first kappa shape index (κ1) is 21.2. The zero-order valence-electron chi connectivity index (χ0n) is 16.6. The molecule has 0 N–H and O–H groups in total. The molecule has 0 unspecified atom stereocenters. The monoisotopic (exact) mass is 404 g/mol. The number of hydrogen-bond donors (Lipinski definition) is 0. The molecule has 0 aliphatic heterocycles. The van der Waals surface area contributed by atoms with Gasteiger partial charge in [-0.15, -0.1) is 11.3 Å². The molecule has 2 rings (SSSR count). The van der Waals surface area contributed by atoms with E-state index in [1.165, 1.54) is 4.88 Å². The summed E-state index contributed by atoms with van der Waals surface area (Å²) in [5, 5.41) is 9.71. The molecule has 1 aromatic heterocycles. The maximum atomic E-state index is 9.18. The summed E-state index contributed by atoms with van der Waals surface area (Å²) in [6.07, 6.45) is 3.99. The summed E-state index contributed by atoms with van der Waals surface area (Å²) in [6, 6.07) is 5.19. The Hall–Kier alpha value is -2.10. The molecule has 2 aromatic rings. The fourth-order valence-electron chi connectivity index (χ4n) is 2.48. The van der Waals surface area contributed by atoms with Gasteiger partial charge >= 0.3 is 0 Å². The summed E-state index contributed by atoms with van der Waals surface area (Å²) in [6.45, 7) is 11.7. The van der Waals surface area contributed by atoms with Crippen LogP contribution in [0.25, 0.3) is 0 Å². The van der Waals surface area contributed by atoms with Crippen molar-refractivity contribution in [3.05, 3.63) is 44.7 Å². The van der Waals surface area contributed by atoms with Crippen LogP contribution in [0.15, 0.2) is 34.4 Å². The Bertz CT molecular complexity index is 942. The van der Waals surface area contributed by atoms with Gasteiger partial charge in [-0.2, -0.15) is 15.2 Å². The average molecular weight is 405 g/mol. The molecule has 1 heterocycles. The van der Waals surface area contributed by atoms with Gasteiger partial charge in [-0.1, -0.05) is 46.2 Å². The van der Waals surface area contributed by atoms with Crippen LogP contribution < -0.4 is 9.54 Å². The lowest BCUT2D eigenvalue weighted by Gasteiger charge is -2.14. The lowest BCUT2D eigenvalue weighted by molar-refractivity contribution is 0.414. The van der Waals surface area contributed by atoms with E-state index >= 15 is 0 Å². The molecule has 0 spiro atoms. The van der Waals surface area contributed by atoms with Crippen LogP contribution >= 0.6 is 22.9 Å². The van der Waals surface area contributed by atoms with Gasteiger partial charge in [0.05, 0.1) is 12.7 Å². The molecule has 0 atom stereocenters. The van der Waals surface area contributed by atoms with Crippen LogP contribution in [0.3, 0.4) is 0 Å². The van der Waals surface area contributed by atoms with E-state index in [1.54, 1.807) is 36.6 Å². The molecular weight excluding hydrogens is 380 g/mol. The fourth-order valence-corrected chi connectivity index (χ4v) is 3.71. The van der Waals surface area contributed by atoms with E-state index < -0.39 is 0 Å². The number of thiazole rings is 1. The molecule has 1 aromatic carbocycles. The number of amidine groups is 1. The summed E-state index contributed by atoms with van der Waals surface area (Å²) in [7, 11) is 1.57. The quantitative estimate of drug-likeness (QED) is 0.409. The molecule has 0 saturated carbocycles. The van der Waals surface area contributed by atoms with Crippen LogP contribution in [0.2, 0.25) is 5.02 Å². The smallest absolute Gasteiger partial charge is 0.207 e. The highest BCUT2D eigenvalue weighted by atomic mass is 35.5. The summed E-state index contributed by atoms with van der Waals surface area (Å²) in [5.41, 5.74) is 0.602. The van der Waals surface area contributed by atoms with Crippen molar-refractivity contribution < 1.29 is 4.74 Å². The Morgan fingerprint density at radius 2 is 2.07 bits per heavy atom. The normalized spacial score (nSPS) is 13.1. The van der Waals surface area contributed by atoms with E-state index in [0.717, 1.165) is 11.3 Å². The van der Waals surface area contributed by atoms with Gasteiger partial charge in [0.1, 0.15) is 5.75 Å². The third-order valence-corrected chi connectivity index (χ3v) is 5.46. The number of hydrogen-bond acceptors (Lipinski definition) is 4. The number of benzene rings is 1. The zero-order valence-corrected chi connectivity index (χ0v) is 18.1. The van der Waals surface area contributed by atoms with Gasteiger partial charge < -0.3 is 9.30 Å². The molecule has 0 aliphatic carbocycles. The lowest BCUT2D eigenvalue weighted by Crippen LogP contribution is -2.19. The minimum atomic E-state index is 0.0114. The highest BCUT2D eigenvalue weighted by Crippen LogP contribution is 2.26. The van der Waals surface area contributed by atoms with Crippen LogP contribution in [0.4, 0.5) is 0 Å². The third-order valence-electron chi connectivity index (χ3n) is 3.78. The number of halogens is 1. The number of nitriles is 1. The second-order valence-corrected chi connectivity index (χ2v) is 9.11. The summed E-state index contributed by atoms with van der Waals surface area (Å²) in [4.78, 5) is 10.7. The minimum Gasteiger partial charge on any atom is -0.496 e. The largest absolute Gasteiger partial charge is 0.496 e. The van der Waals surface area contributed by atoms with Crippen molar-refractivity contribution >= 4 is 28.8 Å². The van der Waals surface area contributed by atoms with E-state index in [1.807, 2.05) is 6.19 Å². The Morgan fingerprint density at radius 1 is 1.37 bits per heavy atom. The number of aliphatic imine (C=N–C) groups is 1. The average Bonchev–Trinajstić information content (AvgIpc) is 2.96. The highest BCUT2D eigenvalue weighted by molar-refractivity contribution is 7.09. The van der Waals surface area contributed by atoms with Gasteiger partial charge in [0.2, 0.25) is 6.19 Å². The Balaban J connectivity index is 2.69. The number of aromatic nitrogens is 1. The van der Waals surface area contributed by atoms with Crippen LogP contribution in [0, 0.1) is 17.4 Å². The van der Waals surface area contributed by atoms with E-state index in [2.05, 4.69) is 50.4 Å². The molecule has 7 heteroatoms. The van der Waals surface area contributed by atoms with Crippen molar-refractivity contribution in [2.24, 2.45) is 15.9 Å². The van der Waals surface area contributed by atoms with Gasteiger partial charge in [-0.05, 0) is 29.5 Å². The van der Waals surface area contributed by atoms with Gasteiger partial charge in [-0.25, -0.2) is 0 Å². The molecule has 0 fully saturated rings. The minimum absolute atomic E-state index is 0.0114. The van der Waals surface area contributed by atoms with Crippen molar-refractivity contribution in [2.75, 3.05) is 7.11 Å². The zero-order chi connectivity index (χ0) is 20.2. The fraction of sp³-hybridized carbons (Fsp3) is 0.450. The van der Waals surface area contributed by atoms with Gasteiger partial charge in [0.15, 0.2) is 10.6 Å². The number of rotatable bonds is 4. The van der Waals surface area contributed by atoms with Crippen LogP contribution in [0.5, 0.6) is 5.75 Å². The van der Waals surface area contributed by atoms with Gasteiger partial charge in [-0.3, -0.25) is 0 Å². The van der Waals surface area contributed by atoms with Crippen LogP contribution in [-0.4, -0.2) is 17.5 Å². The SMILES string of the molecule is COc1ccc(Cl)cc1C(=NC#N)/N=c1\sc(C(C)(C)C)cn1CC(C)C. The molecule has 0 aliphatic rings. The maximum Gasteiger partial charge on any atom is 0.207 e. The van der Waals surface area contributed by atoms with E-state index in [4.69, 9.17) is 21.3 Å². The second kappa shape index (κ2) is 8.73. The predicted molar refractivity (Wildman–Crippen MR) is 112 cm³/mol. The number of nitrogens with zero attached hydrogens (tertiary/aromatic N) is 4. The molecule has 144 valence electrons. The molecule has 0 amide bonds. The van der Waals surface area contributed by atoms with Crippen molar-refractivity contribution in [2.45, 2.75) is 46.6 Å². The molecule has 0 saturated heterocycles. The maximum absolute atomic E-state index is 9.18. The highest BCUT2D eigenvalue weighted by Gasteiger charge is 2.19. The predicted octanol–water partition coefficient (Wildman–Crippen LogP) is 4.99. The number of methoxy groups -OCH3 is 1. The molecule has 5 nitrogen and oxygen atoms in total. The second-order valence-electron chi connectivity index (χ2n) is 7.67. The van der Waals surface area contributed by atoms with E-state index in [9.17, 15) is 5.26 Å². The van der Waals surface area contributed by atoms with Crippen LogP contribution in [-0.2, 0) is 12.0 Å². The Labute approximate surface area is 169 Å². The Kier molecular flexibility index (Phi) is 6.85. The van der Waals surface area contributed by atoms with Crippen molar-refractivity contribution in [1.29, 1.82) is 5.26 Å². The lowest BCUT2D eigenvalue weighted by atomic mass is 9.95. The first-order valence-corrected chi connectivity index (χ1v) is 9.91. The van der Waals surface area contributed by atoms with Gasteiger partial charge in [0.25, 0.3) is 0 Å². The van der Waals surface area contributed by atoms with Crippen LogP contribution in [0.1, 0.15) is 45.1 Å². The summed E-state index contributed by atoms with van der Waals surface area (Å²) < 4.78 is 7.53. The van der Waals surface area contributed by atoms with Crippen molar-refractivity contribution in [1.82, 2.24) is 4.57 Å². The Morgan fingerprint density at radius 3 is 2.63 bits per heavy atom. The number of ether oxygens (including phenoxy) is 1. The third kappa shape index (κ3) is 5.44. The van der Waals surface area contributed by atoms with E-state index in [0.29, 0.717) is 22.3 Å². The first-order valence-electron chi connectivity index (χ1n) is 8.72. The molecular formula is C20H25ClN4OS. The first-order chi connectivity index (χ1) is 12.7. The van der Waals surface area contributed by atoms with E-state index in [-0.39, 0.29) is 11.3 Å². The molecule has 0 radical (unpaired) electrons. The molecule has 0 bridgehead atoms. The van der Waals surface area contributed by atoms with Crippen molar-refractivity contribution in [3.8, 4) is 11.9 Å². The summed E-state index contributed by atoms with van der Waals surface area (Å²) >= 11 is 7.75.